The number of nitrogens with one attached hydrogen (secondary N) is 2. The van der Waals surface area contributed by atoms with Gasteiger partial charge in [0.2, 0.25) is 5.91 Å². The Morgan fingerprint density at radius 3 is 2.74 bits per heavy atom. The first kappa shape index (κ1) is 23.3. The number of carbonyl (C=O) groups is 1. The largest absolute Gasteiger partial charge is 0.366 e. The number of carbonyl (C=O) groups excluding carboxylic acids is 1. The van der Waals surface area contributed by atoms with Crippen LogP contribution in [0.25, 0.3) is 23.0 Å². The molecule has 9 heteroatoms. The van der Waals surface area contributed by atoms with Crippen LogP contribution >= 0.6 is 38.9 Å². The number of amides is 1. The SMILES string of the molecule is O=C(C=Cc1ccsc1)Nc1ccc(CNc2cc(-c3ccccc3Cl)nc3c(Br)cnn23)cc1. The smallest absolute Gasteiger partial charge is 0.248 e. The molecule has 1 amide bonds. The van der Waals surface area contributed by atoms with Crippen molar-refractivity contribution in [3.05, 3.63) is 104 Å². The number of hydrogen-bond acceptors (Lipinski definition) is 5. The van der Waals surface area contributed by atoms with Crippen LogP contribution in [0, 0.1) is 0 Å². The molecule has 2 aromatic carbocycles. The van der Waals surface area contributed by atoms with Crippen molar-refractivity contribution in [3.8, 4) is 11.3 Å². The van der Waals surface area contributed by atoms with E-state index in [-0.39, 0.29) is 5.91 Å². The Morgan fingerprint density at radius 2 is 1.97 bits per heavy atom. The highest BCUT2D eigenvalue weighted by Crippen LogP contribution is 2.30. The number of thiophene rings is 1. The molecular formula is C26H19BrClN5OS. The maximum Gasteiger partial charge on any atom is 0.248 e. The van der Waals surface area contributed by atoms with Crippen molar-refractivity contribution in [1.29, 1.82) is 0 Å². The Morgan fingerprint density at radius 1 is 1.14 bits per heavy atom. The number of halogens is 2. The number of hydrogen-bond donors (Lipinski definition) is 2. The topological polar surface area (TPSA) is 71.3 Å². The minimum absolute atomic E-state index is 0.169. The van der Waals surface area contributed by atoms with Gasteiger partial charge in [-0.1, -0.05) is 41.9 Å². The molecule has 35 heavy (non-hydrogen) atoms. The highest BCUT2D eigenvalue weighted by molar-refractivity contribution is 9.10. The second-order valence-corrected chi connectivity index (χ2v) is 9.71. The minimum atomic E-state index is -0.169. The van der Waals surface area contributed by atoms with E-state index in [1.165, 1.54) is 6.08 Å². The molecule has 0 saturated carbocycles. The second kappa shape index (κ2) is 10.4. The van der Waals surface area contributed by atoms with E-state index in [0.717, 1.165) is 38.4 Å². The van der Waals surface area contributed by atoms with Crippen LogP contribution in [0.3, 0.4) is 0 Å². The first-order chi connectivity index (χ1) is 17.1. The van der Waals surface area contributed by atoms with E-state index in [9.17, 15) is 4.79 Å². The lowest BCUT2D eigenvalue weighted by Crippen LogP contribution is -2.08. The van der Waals surface area contributed by atoms with E-state index in [0.29, 0.717) is 17.2 Å². The van der Waals surface area contributed by atoms with Crippen molar-refractivity contribution in [1.82, 2.24) is 14.6 Å². The summed E-state index contributed by atoms with van der Waals surface area (Å²) in [6.07, 6.45) is 5.04. The number of aromatic nitrogens is 3. The molecule has 0 spiro atoms. The Balaban J connectivity index is 1.30. The molecule has 0 unspecified atom stereocenters. The van der Waals surface area contributed by atoms with E-state index >= 15 is 0 Å². The van der Waals surface area contributed by atoms with Gasteiger partial charge in [-0.3, -0.25) is 4.79 Å². The van der Waals surface area contributed by atoms with Gasteiger partial charge in [-0.2, -0.15) is 21.0 Å². The van der Waals surface area contributed by atoms with Crippen molar-refractivity contribution < 1.29 is 4.79 Å². The van der Waals surface area contributed by atoms with Gasteiger partial charge in [-0.25, -0.2) is 4.98 Å². The van der Waals surface area contributed by atoms with E-state index < -0.39 is 0 Å². The summed E-state index contributed by atoms with van der Waals surface area (Å²) in [6.45, 7) is 0.560. The Bertz CT molecular complexity index is 1510. The van der Waals surface area contributed by atoms with Gasteiger partial charge < -0.3 is 10.6 Å². The molecule has 0 bridgehead atoms. The van der Waals surface area contributed by atoms with Crippen molar-refractivity contribution >= 4 is 68.0 Å². The molecular weight excluding hydrogens is 546 g/mol. The summed E-state index contributed by atoms with van der Waals surface area (Å²) in [5.41, 5.74) is 5.09. The van der Waals surface area contributed by atoms with Gasteiger partial charge in [-0.15, -0.1) is 0 Å². The lowest BCUT2D eigenvalue weighted by molar-refractivity contribution is -0.111. The maximum absolute atomic E-state index is 12.2. The number of rotatable bonds is 7. The fourth-order valence-corrected chi connectivity index (χ4v) is 4.70. The lowest BCUT2D eigenvalue weighted by Gasteiger charge is -2.12. The number of nitrogens with zero attached hydrogens (tertiary/aromatic N) is 3. The molecule has 0 atom stereocenters. The zero-order valence-corrected chi connectivity index (χ0v) is 21.4. The van der Waals surface area contributed by atoms with Gasteiger partial charge in [0, 0.05) is 35.0 Å². The molecule has 0 aliphatic heterocycles. The molecule has 174 valence electrons. The van der Waals surface area contributed by atoms with E-state index in [1.807, 2.05) is 71.4 Å². The zero-order valence-electron chi connectivity index (χ0n) is 18.3. The molecule has 0 radical (unpaired) electrons. The molecule has 0 aliphatic carbocycles. The predicted octanol–water partition coefficient (Wildman–Crippen LogP) is 7.14. The summed E-state index contributed by atoms with van der Waals surface area (Å²) < 4.78 is 2.54. The van der Waals surface area contributed by atoms with Gasteiger partial charge in [0.25, 0.3) is 0 Å². The van der Waals surface area contributed by atoms with Crippen LogP contribution in [-0.2, 0) is 11.3 Å². The Hall–Kier alpha value is -3.46. The van der Waals surface area contributed by atoms with Crippen LogP contribution in [0.1, 0.15) is 11.1 Å². The third-order valence-corrected chi connectivity index (χ3v) is 6.83. The highest BCUT2D eigenvalue weighted by atomic mass is 79.9. The molecule has 6 nitrogen and oxygen atoms in total. The van der Waals surface area contributed by atoms with Gasteiger partial charge in [0.05, 0.1) is 16.4 Å². The molecule has 0 fully saturated rings. The molecule has 3 aromatic heterocycles. The number of anilines is 2. The van der Waals surface area contributed by atoms with Crippen molar-refractivity contribution in [2.75, 3.05) is 10.6 Å². The van der Waals surface area contributed by atoms with Gasteiger partial charge in [-0.05, 0) is 68.2 Å². The average Bonchev–Trinajstić information content (AvgIpc) is 3.52. The monoisotopic (exact) mass is 563 g/mol. The third-order valence-electron chi connectivity index (χ3n) is 5.24. The fraction of sp³-hybridized carbons (Fsp3) is 0.0385. The first-order valence-electron chi connectivity index (χ1n) is 10.7. The fourth-order valence-electron chi connectivity index (χ4n) is 3.49. The molecule has 3 heterocycles. The van der Waals surface area contributed by atoms with Gasteiger partial charge >= 0.3 is 0 Å². The summed E-state index contributed by atoms with van der Waals surface area (Å²) >= 11 is 11.5. The number of benzene rings is 2. The van der Waals surface area contributed by atoms with Gasteiger partial charge in [0.1, 0.15) is 5.82 Å². The van der Waals surface area contributed by atoms with Gasteiger partial charge in [0.15, 0.2) is 5.65 Å². The minimum Gasteiger partial charge on any atom is -0.366 e. The van der Waals surface area contributed by atoms with E-state index in [2.05, 4.69) is 31.7 Å². The van der Waals surface area contributed by atoms with Crippen molar-refractivity contribution in [3.63, 3.8) is 0 Å². The molecule has 0 saturated heterocycles. The molecule has 5 rings (SSSR count). The van der Waals surface area contributed by atoms with Crippen molar-refractivity contribution in [2.45, 2.75) is 6.54 Å². The predicted molar refractivity (Wildman–Crippen MR) is 147 cm³/mol. The van der Waals surface area contributed by atoms with Crippen molar-refractivity contribution in [2.24, 2.45) is 0 Å². The summed E-state index contributed by atoms with van der Waals surface area (Å²) in [5, 5.41) is 15.3. The highest BCUT2D eigenvalue weighted by Gasteiger charge is 2.13. The Kier molecular flexibility index (Phi) is 6.94. The summed E-state index contributed by atoms with van der Waals surface area (Å²) in [7, 11) is 0. The van der Waals surface area contributed by atoms with Crippen LogP contribution in [0.5, 0.6) is 0 Å². The Labute approximate surface area is 219 Å². The summed E-state index contributed by atoms with van der Waals surface area (Å²) in [4.78, 5) is 16.9. The first-order valence-corrected chi connectivity index (χ1v) is 12.8. The van der Waals surface area contributed by atoms with E-state index in [1.54, 1.807) is 28.1 Å². The van der Waals surface area contributed by atoms with Crippen LogP contribution < -0.4 is 10.6 Å². The maximum atomic E-state index is 12.2. The van der Waals surface area contributed by atoms with Crippen LogP contribution in [0.15, 0.2) is 88.2 Å². The molecule has 0 aliphatic rings. The molecule has 5 aromatic rings. The molecule has 2 N–H and O–H groups in total. The second-order valence-electron chi connectivity index (χ2n) is 7.66. The van der Waals surface area contributed by atoms with Crippen LogP contribution in [0.4, 0.5) is 11.5 Å². The van der Waals surface area contributed by atoms with Crippen LogP contribution in [0.2, 0.25) is 5.02 Å². The summed E-state index contributed by atoms with van der Waals surface area (Å²) in [5.74, 6) is 0.615. The standard InChI is InChI=1S/C26H19BrClN5OS/c27-21-15-30-33-24(13-23(32-26(21)33)20-3-1-2-4-22(20)28)29-14-17-5-8-19(9-6-17)31-25(34)10-7-18-11-12-35-16-18/h1-13,15-16,29H,14H2,(H,31,34). The zero-order chi connectivity index (χ0) is 24.2. The number of fused-ring (bicyclic) bond motifs is 1. The third kappa shape index (κ3) is 5.45. The normalized spacial score (nSPS) is 11.3. The quantitative estimate of drug-likeness (QED) is 0.206. The lowest BCUT2D eigenvalue weighted by atomic mass is 10.1. The summed E-state index contributed by atoms with van der Waals surface area (Å²) in [6, 6.07) is 19.2. The van der Waals surface area contributed by atoms with Crippen LogP contribution in [-0.4, -0.2) is 20.5 Å². The average molecular weight is 565 g/mol. The van der Waals surface area contributed by atoms with E-state index in [4.69, 9.17) is 16.6 Å².